The van der Waals surface area contributed by atoms with Crippen molar-refractivity contribution in [3.63, 3.8) is 0 Å². The molecule has 3 rings (SSSR count). The number of rotatable bonds is 6. The predicted octanol–water partition coefficient (Wildman–Crippen LogP) is 2.50. The van der Waals surface area contributed by atoms with Gasteiger partial charge in [0.1, 0.15) is 5.82 Å². The summed E-state index contributed by atoms with van der Waals surface area (Å²) in [5.41, 5.74) is 2.58. The number of para-hydroxylation sites is 1. The molecule has 1 aromatic heterocycles. The number of hydrogen-bond acceptors (Lipinski definition) is 4. The first-order valence-electron chi connectivity index (χ1n) is 9.21. The first kappa shape index (κ1) is 20.0. The maximum Gasteiger partial charge on any atom is 0.255 e. The van der Waals surface area contributed by atoms with Crippen LogP contribution in [0.3, 0.4) is 0 Å². The van der Waals surface area contributed by atoms with E-state index in [1.165, 1.54) is 0 Å². The number of aryl methyl sites for hydroxylation is 2. The van der Waals surface area contributed by atoms with Crippen molar-refractivity contribution in [2.75, 3.05) is 5.32 Å². The van der Waals surface area contributed by atoms with Crippen LogP contribution >= 0.6 is 0 Å². The summed E-state index contributed by atoms with van der Waals surface area (Å²) in [6.45, 7) is 3.65. The maximum atomic E-state index is 12.4. The maximum absolute atomic E-state index is 12.4. The first-order valence-corrected chi connectivity index (χ1v) is 9.21. The lowest BCUT2D eigenvalue weighted by Crippen LogP contribution is -2.29. The number of carbonyl (C=O) groups excluding carboxylic acids is 2. The number of aromatic amines is 1. The number of nitrogens with one attached hydrogen (secondary N) is 3. The van der Waals surface area contributed by atoms with Gasteiger partial charge in [0, 0.05) is 29.1 Å². The standard InChI is InChI=1S/C22H22N4O3/c1-14-19(22(29)25-15(2)24-14)12-20(27)23-13-16-7-6-8-17(11-16)21(28)26-18-9-4-3-5-10-18/h3-11H,12-13H2,1-2H3,(H,23,27)(H,26,28)(H,24,25,29). The number of nitrogens with zero attached hydrogens (tertiary/aromatic N) is 1. The molecule has 0 aliphatic heterocycles. The minimum absolute atomic E-state index is 0.0529. The average Bonchev–Trinajstić information content (AvgIpc) is 2.70. The molecule has 1 heterocycles. The Labute approximate surface area is 168 Å². The van der Waals surface area contributed by atoms with Gasteiger partial charge >= 0.3 is 0 Å². The van der Waals surface area contributed by atoms with Crippen LogP contribution in [0.5, 0.6) is 0 Å². The minimum atomic E-state index is -0.301. The second kappa shape index (κ2) is 8.97. The van der Waals surface area contributed by atoms with Crippen LogP contribution in [0.1, 0.15) is 33.0 Å². The summed E-state index contributed by atoms with van der Waals surface area (Å²) in [4.78, 5) is 43.5. The molecular weight excluding hydrogens is 368 g/mol. The van der Waals surface area contributed by atoms with Gasteiger partial charge in [-0.15, -0.1) is 0 Å². The fourth-order valence-electron chi connectivity index (χ4n) is 2.93. The number of anilines is 1. The van der Waals surface area contributed by atoms with Gasteiger partial charge in [0.25, 0.3) is 11.5 Å². The van der Waals surface area contributed by atoms with E-state index in [-0.39, 0.29) is 30.3 Å². The lowest BCUT2D eigenvalue weighted by molar-refractivity contribution is -0.120. The molecule has 0 unspecified atom stereocenters. The molecule has 0 radical (unpaired) electrons. The van der Waals surface area contributed by atoms with Crippen molar-refractivity contribution in [2.45, 2.75) is 26.8 Å². The Morgan fingerprint density at radius 3 is 2.52 bits per heavy atom. The van der Waals surface area contributed by atoms with E-state index < -0.39 is 0 Å². The summed E-state index contributed by atoms with van der Waals surface area (Å²) in [6.07, 6.45) is -0.0529. The van der Waals surface area contributed by atoms with Gasteiger partial charge in [-0.1, -0.05) is 30.3 Å². The topological polar surface area (TPSA) is 104 Å². The van der Waals surface area contributed by atoms with Gasteiger partial charge in [0.05, 0.1) is 6.42 Å². The van der Waals surface area contributed by atoms with E-state index in [0.717, 1.165) is 5.56 Å². The van der Waals surface area contributed by atoms with Crippen molar-refractivity contribution < 1.29 is 9.59 Å². The van der Waals surface area contributed by atoms with Crippen LogP contribution in [0.15, 0.2) is 59.4 Å². The Kier molecular flexibility index (Phi) is 6.19. The molecular formula is C22H22N4O3. The van der Waals surface area contributed by atoms with Crippen LogP contribution < -0.4 is 16.2 Å². The number of hydrogen-bond donors (Lipinski definition) is 3. The van der Waals surface area contributed by atoms with E-state index in [4.69, 9.17) is 0 Å². The van der Waals surface area contributed by atoms with Crippen molar-refractivity contribution in [2.24, 2.45) is 0 Å². The van der Waals surface area contributed by atoms with E-state index >= 15 is 0 Å². The van der Waals surface area contributed by atoms with E-state index in [9.17, 15) is 14.4 Å². The normalized spacial score (nSPS) is 10.4. The van der Waals surface area contributed by atoms with Crippen LogP contribution in [0.4, 0.5) is 5.69 Å². The SMILES string of the molecule is Cc1nc(C)c(CC(=O)NCc2cccc(C(=O)Nc3ccccc3)c2)c(=O)[nH]1. The zero-order valence-corrected chi connectivity index (χ0v) is 16.3. The summed E-state index contributed by atoms with van der Waals surface area (Å²) in [5.74, 6) is 0.00270. The van der Waals surface area contributed by atoms with Crippen molar-refractivity contribution in [3.8, 4) is 0 Å². The molecule has 0 fully saturated rings. The quantitative estimate of drug-likeness (QED) is 0.601. The van der Waals surface area contributed by atoms with Crippen molar-refractivity contribution in [3.05, 3.63) is 93.2 Å². The zero-order valence-electron chi connectivity index (χ0n) is 16.3. The highest BCUT2D eigenvalue weighted by atomic mass is 16.2. The smallest absolute Gasteiger partial charge is 0.255 e. The van der Waals surface area contributed by atoms with Gasteiger partial charge in [0.2, 0.25) is 5.91 Å². The fraction of sp³-hybridized carbons (Fsp3) is 0.182. The van der Waals surface area contributed by atoms with Gasteiger partial charge in [-0.3, -0.25) is 14.4 Å². The summed E-state index contributed by atoms with van der Waals surface area (Å²) in [5, 5.41) is 5.61. The highest BCUT2D eigenvalue weighted by Crippen LogP contribution is 2.11. The summed E-state index contributed by atoms with van der Waals surface area (Å²) in [6, 6.07) is 16.2. The third kappa shape index (κ3) is 5.38. The van der Waals surface area contributed by atoms with Gasteiger partial charge < -0.3 is 15.6 Å². The monoisotopic (exact) mass is 390 g/mol. The second-order valence-electron chi connectivity index (χ2n) is 6.69. The summed E-state index contributed by atoms with van der Waals surface area (Å²) < 4.78 is 0. The number of carbonyl (C=O) groups is 2. The molecule has 148 valence electrons. The Morgan fingerprint density at radius 1 is 1.03 bits per heavy atom. The third-order valence-corrected chi connectivity index (χ3v) is 4.39. The average molecular weight is 390 g/mol. The molecule has 0 saturated carbocycles. The van der Waals surface area contributed by atoms with Crippen molar-refractivity contribution >= 4 is 17.5 Å². The minimum Gasteiger partial charge on any atom is -0.352 e. The molecule has 2 aromatic carbocycles. The second-order valence-corrected chi connectivity index (χ2v) is 6.69. The van der Waals surface area contributed by atoms with E-state index in [2.05, 4.69) is 20.6 Å². The van der Waals surface area contributed by atoms with E-state index in [1.807, 2.05) is 36.4 Å². The number of amides is 2. The lowest BCUT2D eigenvalue weighted by atomic mass is 10.1. The molecule has 29 heavy (non-hydrogen) atoms. The summed E-state index contributed by atoms with van der Waals surface area (Å²) in [7, 11) is 0. The van der Waals surface area contributed by atoms with Crippen LogP contribution in [-0.2, 0) is 17.8 Å². The Balaban J connectivity index is 1.61. The van der Waals surface area contributed by atoms with Crippen molar-refractivity contribution in [1.82, 2.24) is 15.3 Å². The molecule has 7 heteroatoms. The Hall–Kier alpha value is -3.74. The van der Waals surface area contributed by atoms with E-state index in [1.54, 1.807) is 32.0 Å². The molecule has 0 spiro atoms. The van der Waals surface area contributed by atoms with Gasteiger partial charge in [-0.25, -0.2) is 4.98 Å². The molecule has 7 nitrogen and oxygen atoms in total. The first-order chi connectivity index (χ1) is 13.9. The Morgan fingerprint density at radius 2 is 1.79 bits per heavy atom. The zero-order chi connectivity index (χ0) is 20.8. The van der Waals surface area contributed by atoms with Gasteiger partial charge in [0.15, 0.2) is 0 Å². The third-order valence-electron chi connectivity index (χ3n) is 4.39. The molecule has 0 bridgehead atoms. The predicted molar refractivity (Wildman–Crippen MR) is 111 cm³/mol. The van der Waals surface area contributed by atoms with Crippen LogP contribution in [0, 0.1) is 13.8 Å². The largest absolute Gasteiger partial charge is 0.352 e. The van der Waals surface area contributed by atoms with Gasteiger partial charge in [-0.2, -0.15) is 0 Å². The molecule has 3 N–H and O–H groups in total. The molecule has 2 amide bonds. The van der Waals surface area contributed by atoms with Crippen LogP contribution in [0.25, 0.3) is 0 Å². The number of aromatic nitrogens is 2. The lowest BCUT2D eigenvalue weighted by Gasteiger charge is -2.09. The number of H-pyrrole nitrogens is 1. The number of benzene rings is 2. The molecule has 0 aliphatic rings. The van der Waals surface area contributed by atoms with Crippen molar-refractivity contribution in [1.29, 1.82) is 0 Å². The van der Waals surface area contributed by atoms with E-state index in [0.29, 0.717) is 28.3 Å². The molecule has 3 aromatic rings. The van der Waals surface area contributed by atoms with Gasteiger partial charge in [-0.05, 0) is 43.7 Å². The molecule has 0 atom stereocenters. The molecule has 0 aliphatic carbocycles. The Bertz CT molecular complexity index is 1090. The highest BCUT2D eigenvalue weighted by molar-refractivity contribution is 6.04. The van der Waals surface area contributed by atoms with Crippen LogP contribution in [-0.4, -0.2) is 21.8 Å². The van der Waals surface area contributed by atoms with Crippen LogP contribution in [0.2, 0.25) is 0 Å². The fourth-order valence-corrected chi connectivity index (χ4v) is 2.93. The summed E-state index contributed by atoms with van der Waals surface area (Å²) >= 11 is 0. The highest BCUT2D eigenvalue weighted by Gasteiger charge is 2.12. The molecule has 0 saturated heterocycles.